The molecule has 0 aliphatic rings. The molecule has 2 aromatic heterocycles. The van der Waals surface area contributed by atoms with Gasteiger partial charge in [-0.25, -0.2) is 13.2 Å². The lowest BCUT2D eigenvalue weighted by atomic mass is 10.1. The normalized spacial score (nSPS) is 11.9. The van der Waals surface area contributed by atoms with Gasteiger partial charge in [0.1, 0.15) is 11.3 Å². The van der Waals surface area contributed by atoms with Gasteiger partial charge in [-0.15, -0.1) is 0 Å². The van der Waals surface area contributed by atoms with E-state index in [0.29, 0.717) is 11.3 Å². The first-order chi connectivity index (χ1) is 11.8. The van der Waals surface area contributed by atoms with Crippen molar-refractivity contribution in [3.8, 4) is 0 Å². The van der Waals surface area contributed by atoms with E-state index in [2.05, 4.69) is 4.98 Å². The number of nitrogens with zero attached hydrogens (tertiary/aromatic N) is 1. The number of aromatic amines is 1. The fourth-order valence-electron chi connectivity index (χ4n) is 2.40. The molecule has 0 aliphatic carbocycles. The second kappa shape index (κ2) is 6.19. The van der Waals surface area contributed by atoms with Crippen molar-refractivity contribution >= 4 is 26.9 Å². The van der Waals surface area contributed by atoms with Crippen LogP contribution in [0.1, 0.15) is 16.1 Å². The molecule has 9 heteroatoms. The first-order valence-electron chi connectivity index (χ1n) is 7.18. The second-order valence-electron chi connectivity index (χ2n) is 5.38. The first-order valence-corrected chi connectivity index (χ1v) is 8.62. The van der Waals surface area contributed by atoms with Gasteiger partial charge in [0.2, 0.25) is 15.5 Å². The number of carboxylic acid groups (broad SMARTS) is 1. The second-order valence-corrected chi connectivity index (χ2v) is 7.43. The molecule has 0 saturated carbocycles. The molecule has 0 amide bonds. The van der Waals surface area contributed by atoms with Gasteiger partial charge in [-0.1, -0.05) is 0 Å². The van der Waals surface area contributed by atoms with Crippen molar-refractivity contribution in [2.75, 3.05) is 7.05 Å². The summed E-state index contributed by atoms with van der Waals surface area (Å²) >= 11 is 0. The Hall–Kier alpha value is -2.91. The fraction of sp³-hybridized carbons (Fsp3) is 0.125. The highest BCUT2D eigenvalue weighted by atomic mass is 32.2. The molecule has 0 unspecified atom stereocenters. The molecule has 3 aromatic rings. The molecule has 25 heavy (non-hydrogen) atoms. The van der Waals surface area contributed by atoms with E-state index in [9.17, 15) is 18.0 Å². The van der Waals surface area contributed by atoms with Crippen LogP contribution in [0.25, 0.3) is 10.9 Å². The van der Waals surface area contributed by atoms with Crippen molar-refractivity contribution in [2.45, 2.75) is 11.4 Å². The zero-order valence-corrected chi connectivity index (χ0v) is 13.9. The van der Waals surface area contributed by atoms with E-state index in [-0.39, 0.29) is 16.8 Å². The van der Waals surface area contributed by atoms with Gasteiger partial charge < -0.3 is 14.5 Å². The molecule has 1 aromatic carbocycles. The summed E-state index contributed by atoms with van der Waals surface area (Å²) in [6, 6.07) is 7.26. The number of hydrogen-bond acceptors (Lipinski definition) is 5. The number of rotatable bonds is 5. The summed E-state index contributed by atoms with van der Waals surface area (Å²) < 4.78 is 31.6. The molecular formula is C16H14N2O6S. The van der Waals surface area contributed by atoms with Crippen molar-refractivity contribution in [2.24, 2.45) is 0 Å². The van der Waals surface area contributed by atoms with E-state index >= 15 is 0 Å². The van der Waals surface area contributed by atoms with Crippen LogP contribution in [-0.2, 0) is 16.6 Å². The van der Waals surface area contributed by atoms with Gasteiger partial charge in [-0.05, 0) is 30.3 Å². The molecule has 0 spiro atoms. The molecule has 8 nitrogen and oxygen atoms in total. The lowest BCUT2D eigenvalue weighted by Gasteiger charge is -2.16. The molecule has 0 aliphatic heterocycles. The maximum atomic E-state index is 12.7. The third kappa shape index (κ3) is 3.06. The van der Waals surface area contributed by atoms with E-state index in [1.54, 1.807) is 12.1 Å². The summed E-state index contributed by atoms with van der Waals surface area (Å²) in [5, 5.41) is 9.02. The Bertz CT molecular complexity index is 1100. The molecule has 0 radical (unpaired) electrons. The summed E-state index contributed by atoms with van der Waals surface area (Å²) in [5.41, 5.74) is -0.847. The number of fused-ring (bicyclic) bond motifs is 1. The largest absolute Gasteiger partial charge is 0.477 e. The number of carbonyl (C=O) groups is 1. The van der Waals surface area contributed by atoms with Gasteiger partial charge in [0.15, 0.2) is 0 Å². The molecule has 3 rings (SSSR count). The van der Waals surface area contributed by atoms with Crippen LogP contribution in [0.4, 0.5) is 0 Å². The summed E-state index contributed by atoms with van der Waals surface area (Å²) in [4.78, 5) is 25.9. The molecule has 2 N–H and O–H groups in total. The SMILES string of the molecule is CN(Cc1ccco1)S(=O)(=O)c1ccc2[nH]cc(C(=O)O)c(=O)c2c1. The average molecular weight is 362 g/mol. The van der Waals surface area contributed by atoms with Gasteiger partial charge in [-0.3, -0.25) is 4.79 Å². The smallest absolute Gasteiger partial charge is 0.341 e. The predicted octanol–water partition coefficient (Wildman–Crippen LogP) is 1.64. The Kier molecular flexibility index (Phi) is 4.19. The Balaban J connectivity index is 2.07. The van der Waals surface area contributed by atoms with Crippen LogP contribution in [0.5, 0.6) is 0 Å². The first kappa shape index (κ1) is 16.9. The number of carboxylic acids is 1. The molecule has 0 bridgehead atoms. The highest BCUT2D eigenvalue weighted by molar-refractivity contribution is 7.89. The minimum atomic E-state index is -3.88. The van der Waals surface area contributed by atoms with Crippen molar-refractivity contribution in [1.29, 1.82) is 0 Å². The van der Waals surface area contributed by atoms with Gasteiger partial charge >= 0.3 is 5.97 Å². The topological polar surface area (TPSA) is 121 Å². The zero-order chi connectivity index (χ0) is 18.2. The Morgan fingerprint density at radius 1 is 1.32 bits per heavy atom. The van der Waals surface area contributed by atoms with Crippen LogP contribution in [0.3, 0.4) is 0 Å². The van der Waals surface area contributed by atoms with Gasteiger partial charge in [0, 0.05) is 24.1 Å². The number of furan rings is 1. The van der Waals surface area contributed by atoms with Crippen LogP contribution in [0.2, 0.25) is 0 Å². The number of nitrogens with one attached hydrogen (secondary N) is 1. The van der Waals surface area contributed by atoms with Crippen molar-refractivity contribution in [1.82, 2.24) is 9.29 Å². The molecule has 0 saturated heterocycles. The minimum Gasteiger partial charge on any atom is -0.477 e. The fourth-order valence-corrected chi connectivity index (χ4v) is 3.57. The molecule has 2 heterocycles. The maximum absolute atomic E-state index is 12.7. The maximum Gasteiger partial charge on any atom is 0.341 e. The van der Waals surface area contributed by atoms with E-state index in [1.807, 2.05) is 0 Å². The minimum absolute atomic E-state index is 0.00706. The number of benzene rings is 1. The quantitative estimate of drug-likeness (QED) is 0.712. The summed E-state index contributed by atoms with van der Waals surface area (Å²) in [6.45, 7) is 0.0267. The van der Waals surface area contributed by atoms with E-state index in [4.69, 9.17) is 9.52 Å². The number of H-pyrrole nitrogens is 1. The Labute approximate surface area is 142 Å². The van der Waals surface area contributed by atoms with Crippen LogP contribution in [0.15, 0.2) is 56.9 Å². The third-order valence-electron chi connectivity index (χ3n) is 3.75. The van der Waals surface area contributed by atoms with Crippen molar-refractivity contribution < 1.29 is 22.7 Å². The number of hydrogen-bond donors (Lipinski definition) is 2. The lowest BCUT2D eigenvalue weighted by molar-refractivity contribution is 0.0695. The van der Waals surface area contributed by atoms with Gasteiger partial charge in [0.25, 0.3) is 0 Å². The van der Waals surface area contributed by atoms with E-state index < -0.39 is 27.0 Å². The van der Waals surface area contributed by atoms with Crippen molar-refractivity contribution in [3.63, 3.8) is 0 Å². The lowest BCUT2D eigenvalue weighted by Crippen LogP contribution is -2.26. The summed E-state index contributed by atoms with van der Waals surface area (Å²) in [5.74, 6) is -0.913. The van der Waals surface area contributed by atoms with Crippen LogP contribution in [0, 0.1) is 0 Å². The number of sulfonamides is 1. The van der Waals surface area contributed by atoms with E-state index in [0.717, 1.165) is 10.5 Å². The predicted molar refractivity (Wildman–Crippen MR) is 88.9 cm³/mol. The Morgan fingerprint density at radius 2 is 2.08 bits per heavy atom. The zero-order valence-electron chi connectivity index (χ0n) is 13.1. The number of aromatic carboxylic acids is 1. The van der Waals surface area contributed by atoms with E-state index in [1.165, 1.54) is 31.5 Å². The molecule has 0 atom stereocenters. The summed E-state index contributed by atoms with van der Waals surface area (Å²) in [6.07, 6.45) is 2.53. The standard InChI is InChI=1S/C16H14N2O6S/c1-18(9-10-3-2-6-24-10)25(22,23)11-4-5-14-12(7-11)15(19)13(8-17-14)16(20)21/h2-8H,9H2,1H3,(H,17,19)(H,20,21). The highest BCUT2D eigenvalue weighted by Crippen LogP contribution is 2.20. The van der Waals surface area contributed by atoms with Crippen molar-refractivity contribution in [3.05, 3.63) is 64.3 Å². The Morgan fingerprint density at radius 3 is 2.72 bits per heavy atom. The number of pyridine rings is 1. The average Bonchev–Trinajstić information content (AvgIpc) is 3.07. The monoisotopic (exact) mass is 362 g/mol. The van der Waals surface area contributed by atoms with Crippen LogP contribution >= 0.6 is 0 Å². The molecule has 0 fully saturated rings. The third-order valence-corrected chi connectivity index (χ3v) is 5.55. The van der Waals surface area contributed by atoms with Gasteiger partial charge in [-0.2, -0.15) is 4.31 Å². The molecular weight excluding hydrogens is 348 g/mol. The number of aromatic nitrogens is 1. The molecule has 130 valence electrons. The van der Waals surface area contributed by atoms with Crippen LogP contribution < -0.4 is 5.43 Å². The van der Waals surface area contributed by atoms with Crippen LogP contribution in [-0.4, -0.2) is 35.8 Å². The van der Waals surface area contributed by atoms with Gasteiger partial charge in [0.05, 0.1) is 17.7 Å². The summed E-state index contributed by atoms with van der Waals surface area (Å²) in [7, 11) is -2.49. The highest BCUT2D eigenvalue weighted by Gasteiger charge is 2.23.